The van der Waals surface area contributed by atoms with Crippen molar-refractivity contribution in [3.05, 3.63) is 82.4 Å². The summed E-state index contributed by atoms with van der Waals surface area (Å²) in [6, 6.07) is 16.4. The smallest absolute Gasteiger partial charge is 0.357 e. The second kappa shape index (κ2) is 10.7. The number of carbonyl (C=O) groups excluding carboxylic acids is 1. The second-order valence-corrected chi connectivity index (χ2v) is 10.0. The van der Waals surface area contributed by atoms with Crippen LogP contribution in [0, 0.1) is 0 Å². The maximum absolute atomic E-state index is 11.0. The van der Waals surface area contributed by atoms with Crippen LogP contribution in [0.1, 0.15) is 23.0 Å². The predicted octanol–water partition coefficient (Wildman–Crippen LogP) is 4.55. The summed E-state index contributed by atoms with van der Waals surface area (Å²) in [5.41, 5.74) is 5.33. The van der Waals surface area contributed by atoms with Crippen LogP contribution in [0.25, 0.3) is 10.6 Å². The molecule has 0 radical (unpaired) electrons. The van der Waals surface area contributed by atoms with Crippen LogP contribution < -0.4 is 10.0 Å². The fourth-order valence-corrected chi connectivity index (χ4v) is 5.30. The fraction of sp³-hybridized carbons (Fsp3) is 0.136. The van der Waals surface area contributed by atoms with E-state index in [0.29, 0.717) is 18.6 Å². The van der Waals surface area contributed by atoms with E-state index in [1.54, 1.807) is 41.1 Å². The lowest BCUT2D eigenvalue weighted by molar-refractivity contribution is -0.129. The van der Waals surface area contributed by atoms with E-state index in [1.165, 1.54) is 11.3 Å². The highest BCUT2D eigenvalue weighted by atomic mass is 32.2. The lowest BCUT2D eigenvalue weighted by atomic mass is 10.0. The van der Waals surface area contributed by atoms with Gasteiger partial charge in [-0.2, -0.15) is 8.42 Å². The molecule has 2 aromatic carbocycles. The molecule has 0 unspecified atom stereocenters. The molecule has 0 aliphatic heterocycles. The topological polar surface area (TPSA) is 131 Å². The van der Waals surface area contributed by atoms with Gasteiger partial charge in [-0.05, 0) is 24.1 Å². The van der Waals surface area contributed by atoms with Gasteiger partial charge < -0.3 is 10.1 Å². The van der Waals surface area contributed by atoms with Gasteiger partial charge in [0.2, 0.25) is 0 Å². The lowest BCUT2D eigenvalue weighted by Gasteiger charge is -2.18. The summed E-state index contributed by atoms with van der Waals surface area (Å²) in [7, 11) is -4.34. The first-order valence-corrected chi connectivity index (χ1v) is 13.2. The number of nitrogens with zero attached hydrogens (tertiary/aromatic N) is 2. The molecule has 12 heteroatoms. The number of rotatable bonds is 11. The zero-order chi connectivity index (χ0) is 24.0. The molecule has 9 nitrogen and oxygen atoms in total. The molecule has 0 fully saturated rings. The zero-order valence-electron chi connectivity index (χ0n) is 17.6. The fourth-order valence-electron chi connectivity index (χ4n) is 3.24. The molecule has 2 heterocycles. The van der Waals surface area contributed by atoms with Crippen molar-refractivity contribution < 1.29 is 22.5 Å². The van der Waals surface area contributed by atoms with Crippen LogP contribution in [0.3, 0.4) is 0 Å². The normalized spacial score (nSPS) is 12.1. The first-order valence-electron chi connectivity index (χ1n) is 10.0. The van der Waals surface area contributed by atoms with Gasteiger partial charge in [-0.15, -0.1) is 22.7 Å². The Morgan fingerprint density at radius 3 is 2.56 bits per heavy atom. The van der Waals surface area contributed by atoms with Gasteiger partial charge in [-0.3, -0.25) is 14.1 Å². The van der Waals surface area contributed by atoms with Crippen molar-refractivity contribution in [3.8, 4) is 10.6 Å². The Morgan fingerprint density at radius 2 is 1.85 bits per heavy atom. The molecule has 0 bridgehead atoms. The number of thiazole rings is 2. The first kappa shape index (κ1) is 23.8. The number of hydrogen-bond donors (Lipinski definition) is 3. The van der Waals surface area contributed by atoms with E-state index in [4.69, 9.17) is 14.3 Å². The van der Waals surface area contributed by atoms with Gasteiger partial charge in [0, 0.05) is 10.9 Å². The summed E-state index contributed by atoms with van der Waals surface area (Å²) >= 11 is 2.94. The molecule has 0 saturated carbocycles. The Labute approximate surface area is 204 Å². The molecule has 0 aliphatic rings. The Bertz CT molecular complexity index is 1340. The van der Waals surface area contributed by atoms with Crippen molar-refractivity contribution in [1.29, 1.82) is 0 Å². The molecule has 4 rings (SSSR count). The lowest BCUT2D eigenvalue weighted by Crippen LogP contribution is -2.15. The van der Waals surface area contributed by atoms with Crippen molar-refractivity contribution in [2.45, 2.75) is 19.1 Å². The first-order chi connectivity index (χ1) is 16.4. The number of benzene rings is 2. The quantitative estimate of drug-likeness (QED) is 0.195. The minimum absolute atomic E-state index is 0.0599. The van der Waals surface area contributed by atoms with Crippen LogP contribution in [-0.4, -0.2) is 29.4 Å². The summed E-state index contributed by atoms with van der Waals surface area (Å²) < 4.78 is 38.0. The third-order valence-corrected chi connectivity index (χ3v) is 6.98. The third-order valence-electron chi connectivity index (χ3n) is 4.77. The van der Waals surface area contributed by atoms with Crippen LogP contribution in [-0.2, 0) is 32.9 Å². The van der Waals surface area contributed by atoms with E-state index in [1.807, 2.05) is 40.4 Å². The Kier molecular flexibility index (Phi) is 7.53. The number of carbonyl (C=O) groups is 1. The molecule has 0 aliphatic carbocycles. The standard InChI is InChI=1S/C22H20N4O5S3/c27-14-31-11-19-22(33-13-23-19)24-18(10-15-6-8-17(9-7-15)26-34(28,29)30)20-12-32-21(25-20)16-4-2-1-3-5-16/h1-9,12-14,18,24,26H,10-11H2,(H,28,29,30)/t18-/m0/s1. The van der Waals surface area contributed by atoms with Crippen LogP contribution in [0.4, 0.5) is 10.7 Å². The van der Waals surface area contributed by atoms with E-state index in [9.17, 15) is 13.2 Å². The summed E-state index contributed by atoms with van der Waals surface area (Å²) in [6.07, 6.45) is 0.538. The van der Waals surface area contributed by atoms with Crippen LogP contribution in [0.5, 0.6) is 0 Å². The van der Waals surface area contributed by atoms with Crippen molar-refractivity contribution in [2.75, 3.05) is 10.0 Å². The second-order valence-electron chi connectivity index (χ2n) is 7.15. The monoisotopic (exact) mass is 516 g/mol. The molecular formula is C22H20N4O5S3. The number of anilines is 2. The molecule has 0 saturated heterocycles. The SMILES string of the molecule is O=COCc1ncsc1N[C@@H](Cc1ccc(NS(=O)(=O)O)cc1)c1csc(-c2ccccc2)n1. The van der Waals surface area contributed by atoms with E-state index in [2.05, 4.69) is 10.3 Å². The summed E-state index contributed by atoms with van der Waals surface area (Å²) in [6.45, 7) is 0.444. The Morgan fingerprint density at radius 1 is 1.09 bits per heavy atom. The highest BCUT2D eigenvalue weighted by molar-refractivity contribution is 7.87. The Balaban J connectivity index is 1.60. The molecule has 0 spiro atoms. The van der Waals surface area contributed by atoms with Gasteiger partial charge in [-0.1, -0.05) is 42.5 Å². The van der Waals surface area contributed by atoms with Crippen LogP contribution in [0.15, 0.2) is 65.5 Å². The van der Waals surface area contributed by atoms with E-state index < -0.39 is 10.3 Å². The minimum atomic E-state index is -4.34. The van der Waals surface area contributed by atoms with Crippen molar-refractivity contribution >= 4 is 50.1 Å². The largest absolute Gasteiger partial charge is 0.461 e. The number of aromatic nitrogens is 2. The van der Waals surface area contributed by atoms with Gasteiger partial charge in [0.05, 0.1) is 22.9 Å². The van der Waals surface area contributed by atoms with Crippen molar-refractivity contribution in [3.63, 3.8) is 0 Å². The van der Waals surface area contributed by atoms with E-state index in [-0.39, 0.29) is 18.3 Å². The van der Waals surface area contributed by atoms with Gasteiger partial charge in [-0.25, -0.2) is 9.97 Å². The van der Waals surface area contributed by atoms with Crippen molar-refractivity contribution in [2.24, 2.45) is 0 Å². The van der Waals surface area contributed by atoms with Gasteiger partial charge in [0.1, 0.15) is 22.3 Å². The average molecular weight is 517 g/mol. The molecule has 3 N–H and O–H groups in total. The molecule has 2 aromatic heterocycles. The number of hydrogen-bond acceptors (Lipinski definition) is 9. The molecule has 176 valence electrons. The summed E-state index contributed by atoms with van der Waals surface area (Å²) in [4.78, 5) is 19.7. The maximum atomic E-state index is 11.0. The molecule has 34 heavy (non-hydrogen) atoms. The van der Waals surface area contributed by atoms with Gasteiger partial charge in [0.15, 0.2) is 0 Å². The molecule has 0 amide bonds. The highest BCUT2D eigenvalue weighted by Gasteiger charge is 2.20. The van der Waals surface area contributed by atoms with E-state index in [0.717, 1.165) is 26.8 Å². The molecule has 4 aromatic rings. The molecular weight excluding hydrogens is 496 g/mol. The Hall–Kier alpha value is -3.32. The maximum Gasteiger partial charge on any atom is 0.357 e. The average Bonchev–Trinajstić information content (AvgIpc) is 3.48. The van der Waals surface area contributed by atoms with Crippen LogP contribution in [0.2, 0.25) is 0 Å². The van der Waals surface area contributed by atoms with Gasteiger partial charge in [0.25, 0.3) is 6.47 Å². The van der Waals surface area contributed by atoms with Crippen LogP contribution >= 0.6 is 22.7 Å². The predicted molar refractivity (Wildman–Crippen MR) is 132 cm³/mol. The third kappa shape index (κ3) is 6.38. The number of ether oxygens (including phenoxy) is 1. The van der Waals surface area contributed by atoms with Gasteiger partial charge >= 0.3 is 10.3 Å². The highest BCUT2D eigenvalue weighted by Crippen LogP contribution is 2.32. The molecule has 1 atom stereocenters. The minimum Gasteiger partial charge on any atom is -0.461 e. The van der Waals surface area contributed by atoms with Crippen molar-refractivity contribution in [1.82, 2.24) is 9.97 Å². The summed E-state index contributed by atoms with van der Waals surface area (Å²) in [5, 5.41) is 7.13. The number of nitrogens with one attached hydrogen (secondary N) is 2. The summed E-state index contributed by atoms with van der Waals surface area (Å²) in [5.74, 6) is 0. The van der Waals surface area contributed by atoms with E-state index >= 15 is 0 Å². The zero-order valence-corrected chi connectivity index (χ0v) is 20.1.